The Kier molecular flexibility index (Phi) is 8.13. The molecular formula is C45H39NO2. The number of allylic oxidation sites excluding steroid dienone is 6. The van der Waals surface area contributed by atoms with Crippen molar-refractivity contribution < 1.29 is 9.52 Å². The van der Waals surface area contributed by atoms with Crippen LogP contribution in [0.5, 0.6) is 0 Å². The number of hydrogen-bond donors (Lipinski definition) is 1. The van der Waals surface area contributed by atoms with Gasteiger partial charge < -0.3 is 14.4 Å². The molecule has 0 aliphatic heterocycles. The van der Waals surface area contributed by atoms with Crippen molar-refractivity contribution in [1.29, 1.82) is 0 Å². The lowest BCUT2D eigenvalue weighted by Gasteiger charge is -2.38. The molecule has 3 nitrogen and oxygen atoms in total. The van der Waals surface area contributed by atoms with Crippen molar-refractivity contribution in [2.75, 3.05) is 11.5 Å². The lowest BCUT2D eigenvalue weighted by atomic mass is 9.88. The molecule has 6 aromatic rings. The molecule has 1 heterocycles. The van der Waals surface area contributed by atoms with Crippen molar-refractivity contribution in [2.45, 2.75) is 32.2 Å². The van der Waals surface area contributed by atoms with Crippen LogP contribution >= 0.6 is 0 Å². The number of hydrogen-bond acceptors (Lipinski definition) is 3. The normalized spacial score (nSPS) is 17.1. The van der Waals surface area contributed by atoms with Gasteiger partial charge in [0.25, 0.3) is 0 Å². The maximum Gasteiger partial charge on any atom is 0.136 e. The fraction of sp³-hybridized carbons (Fsp3) is 0.156. The molecule has 0 saturated carbocycles. The van der Waals surface area contributed by atoms with Crippen LogP contribution in [0.1, 0.15) is 31.7 Å². The number of rotatable bonds is 8. The van der Waals surface area contributed by atoms with Crippen LogP contribution in [0.3, 0.4) is 0 Å². The van der Waals surface area contributed by atoms with Gasteiger partial charge in [0.1, 0.15) is 11.2 Å². The van der Waals surface area contributed by atoms with Crippen LogP contribution in [0.4, 0.5) is 5.69 Å². The van der Waals surface area contributed by atoms with E-state index in [1.165, 1.54) is 44.0 Å². The fourth-order valence-electron chi connectivity index (χ4n) is 7.48. The summed E-state index contributed by atoms with van der Waals surface area (Å²) >= 11 is 0. The molecule has 5 aromatic carbocycles. The Morgan fingerprint density at radius 1 is 0.792 bits per heavy atom. The van der Waals surface area contributed by atoms with E-state index in [1.54, 1.807) is 0 Å². The van der Waals surface area contributed by atoms with Gasteiger partial charge in [0, 0.05) is 28.1 Å². The maximum atomic E-state index is 10.8. The zero-order chi connectivity index (χ0) is 32.5. The van der Waals surface area contributed by atoms with Gasteiger partial charge in [0.05, 0.1) is 12.6 Å². The lowest BCUT2D eigenvalue weighted by molar-refractivity contribution is 0.262. The highest BCUT2D eigenvalue weighted by Crippen LogP contribution is 2.39. The Morgan fingerprint density at radius 3 is 2.31 bits per heavy atom. The molecule has 0 amide bonds. The Morgan fingerprint density at radius 2 is 1.56 bits per heavy atom. The van der Waals surface area contributed by atoms with Gasteiger partial charge in [-0.15, -0.1) is 0 Å². The van der Waals surface area contributed by atoms with Gasteiger partial charge in [-0.1, -0.05) is 121 Å². The van der Waals surface area contributed by atoms with Crippen LogP contribution in [-0.4, -0.2) is 17.8 Å². The van der Waals surface area contributed by atoms with Crippen LogP contribution < -0.4 is 4.90 Å². The van der Waals surface area contributed by atoms with E-state index in [0.29, 0.717) is 0 Å². The van der Waals surface area contributed by atoms with E-state index < -0.39 is 0 Å². The number of benzene rings is 5. The third-order valence-electron chi connectivity index (χ3n) is 9.89. The van der Waals surface area contributed by atoms with Gasteiger partial charge in [-0.3, -0.25) is 0 Å². The summed E-state index contributed by atoms with van der Waals surface area (Å²) in [5.41, 5.74) is 10.1. The first-order chi connectivity index (χ1) is 23.7. The SMILES string of the molecule is C/C=C(\C(CO)C1=CCCC=C1)N(c1ccc(-c2ccccc2)cc1)C1C=CC(c2ccc3ccc4oc5ccccc5c4c3c2)=CC1. The molecule has 48 heavy (non-hydrogen) atoms. The molecule has 2 unspecified atom stereocenters. The highest BCUT2D eigenvalue weighted by molar-refractivity contribution is 6.19. The molecule has 0 saturated heterocycles. The zero-order valence-corrected chi connectivity index (χ0v) is 27.2. The van der Waals surface area contributed by atoms with Crippen LogP contribution in [0.15, 0.2) is 167 Å². The summed E-state index contributed by atoms with van der Waals surface area (Å²) in [6.45, 7) is 2.15. The summed E-state index contributed by atoms with van der Waals surface area (Å²) in [7, 11) is 0. The van der Waals surface area contributed by atoms with Crippen molar-refractivity contribution in [2.24, 2.45) is 5.92 Å². The first kappa shape index (κ1) is 30.0. The minimum Gasteiger partial charge on any atom is -0.456 e. The monoisotopic (exact) mass is 625 g/mol. The molecule has 2 atom stereocenters. The molecule has 0 spiro atoms. The first-order valence-corrected chi connectivity index (χ1v) is 17.0. The number of aliphatic hydroxyl groups excluding tert-OH is 1. The summed E-state index contributed by atoms with van der Waals surface area (Å²) < 4.78 is 6.20. The summed E-state index contributed by atoms with van der Waals surface area (Å²) in [6, 6.07) is 38.8. The minimum atomic E-state index is -0.105. The molecule has 0 radical (unpaired) electrons. The average Bonchev–Trinajstić information content (AvgIpc) is 3.55. The van der Waals surface area contributed by atoms with E-state index >= 15 is 0 Å². The molecule has 3 heteroatoms. The van der Waals surface area contributed by atoms with E-state index in [1.807, 2.05) is 12.1 Å². The maximum absolute atomic E-state index is 10.8. The van der Waals surface area contributed by atoms with Crippen LogP contribution in [0.25, 0.3) is 49.4 Å². The third kappa shape index (κ3) is 5.51. The smallest absolute Gasteiger partial charge is 0.136 e. The van der Waals surface area contributed by atoms with Gasteiger partial charge in [-0.25, -0.2) is 0 Å². The predicted molar refractivity (Wildman–Crippen MR) is 202 cm³/mol. The van der Waals surface area contributed by atoms with Gasteiger partial charge in [0.15, 0.2) is 0 Å². The molecule has 0 fully saturated rings. The second-order valence-corrected chi connectivity index (χ2v) is 12.7. The highest BCUT2D eigenvalue weighted by atomic mass is 16.3. The standard InChI is InChI=1S/C45H39NO2/c1-2-42(41(30-47)34-13-7-4-8-14-34)46(37-24-19-32(20-25-37)31-11-5-3-6-12-31)38-26-21-33(22-27-38)36-18-17-35-23-28-44-45(40(35)29-36)39-15-9-10-16-43(39)48-44/h2-3,5-7,9-26,28-29,38,41,47H,4,8,27,30H2,1H3/b42-2+. The minimum absolute atomic E-state index is 0.0558. The molecule has 2 aliphatic carbocycles. The van der Waals surface area contributed by atoms with Crippen molar-refractivity contribution >= 4 is 44.0 Å². The first-order valence-electron chi connectivity index (χ1n) is 17.0. The topological polar surface area (TPSA) is 36.6 Å². The molecule has 1 aromatic heterocycles. The van der Waals surface area contributed by atoms with E-state index in [-0.39, 0.29) is 18.6 Å². The van der Waals surface area contributed by atoms with Gasteiger partial charge >= 0.3 is 0 Å². The zero-order valence-electron chi connectivity index (χ0n) is 27.2. The number of furan rings is 1. The number of aliphatic hydroxyl groups is 1. The van der Waals surface area contributed by atoms with E-state index in [0.717, 1.165) is 47.2 Å². The molecule has 0 bridgehead atoms. The van der Waals surface area contributed by atoms with Crippen LogP contribution in [0, 0.1) is 5.92 Å². The largest absolute Gasteiger partial charge is 0.456 e. The summed E-state index contributed by atoms with van der Waals surface area (Å²) in [4.78, 5) is 2.43. The number of anilines is 1. The molecule has 2 aliphatic rings. The van der Waals surface area contributed by atoms with Crippen molar-refractivity contribution in [1.82, 2.24) is 0 Å². The molecular weight excluding hydrogens is 587 g/mol. The van der Waals surface area contributed by atoms with E-state index in [4.69, 9.17) is 4.42 Å². The quantitative estimate of drug-likeness (QED) is 0.183. The lowest BCUT2D eigenvalue weighted by Crippen LogP contribution is -2.38. The van der Waals surface area contributed by atoms with Crippen molar-refractivity contribution in [3.8, 4) is 11.1 Å². The number of fused-ring (bicyclic) bond motifs is 5. The van der Waals surface area contributed by atoms with Gasteiger partial charge in [-0.2, -0.15) is 0 Å². The average molecular weight is 626 g/mol. The second-order valence-electron chi connectivity index (χ2n) is 12.7. The molecule has 8 rings (SSSR count). The van der Waals surface area contributed by atoms with Gasteiger partial charge in [-0.05, 0) is 95.1 Å². The third-order valence-corrected chi connectivity index (χ3v) is 9.89. The van der Waals surface area contributed by atoms with Crippen molar-refractivity contribution in [3.63, 3.8) is 0 Å². The highest BCUT2D eigenvalue weighted by Gasteiger charge is 2.28. The fourth-order valence-corrected chi connectivity index (χ4v) is 7.48. The Balaban J connectivity index is 1.15. The molecule has 1 N–H and O–H groups in total. The number of nitrogens with zero attached hydrogens (tertiary/aromatic N) is 1. The molecule has 236 valence electrons. The van der Waals surface area contributed by atoms with E-state index in [9.17, 15) is 5.11 Å². The summed E-state index contributed by atoms with van der Waals surface area (Å²) in [5, 5.41) is 15.5. The van der Waals surface area contributed by atoms with Gasteiger partial charge in [0.2, 0.25) is 0 Å². The van der Waals surface area contributed by atoms with E-state index in [2.05, 4.69) is 151 Å². The summed E-state index contributed by atoms with van der Waals surface area (Å²) in [5.74, 6) is -0.105. The second kappa shape index (κ2) is 13.0. The van der Waals surface area contributed by atoms with Crippen molar-refractivity contribution in [3.05, 3.63) is 169 Å². The van der Waals surface area contributed by atoms with Crippen LogP contribution in [-0.2, 0) is 0 Å². The number of para-hydroxylation sites is 1. The Labute approximate surface area is 282 Å². The Bertz CT molecular complexity index is 2260. The summed E-state index contributed by atoms with van der Waals surface area (Å²) in [6.07, 6.45) is 18.8. The van der Waals surface area contributed by atoms with Crippen LogP contribution in [0.2, 0.25) is 0 Å². The Hall–Kier alpha value is -5.38. The predicted octanol–water partition coefficient (Wildman–Crippen LogP) is 11.4.